The van der Waals surface area contributed by atoms with Crippen LogP contribution in [-0.2, 0) is 21.0 Å². The van der Waals surface area contributed by atoms with E-state index in [1.54, 1.807) is 13.8 Å². The summed E-state index contributed by atoms with van der Waals surface area (Å²) in [5, 5.41) is 0.0349. The summed E-state index contributed by atoms with van der Waals surface area (Å²) in [4.78, 5) is 15.1. The van der Waals surface area contributed by atoms with Gasteiger partial charge in [0.05, 0.1) is 21.2 Å². The van der Waals surface area contributed by atoms with Gasteiger partial charge in [-0.25, -0.2) is 8.42 Å². The highest BCUT2D eigenvalue weighted by Gasteiger charge is 2.43. The number of halogens is 5. The van der Waals surface area contributed by atoms with Gasteiger partial charge in [0.2, 0.25) is 5.91 Å². The average Bonchev–Trinajstić information content (AvgIpc) is 2.82. The number of hydrogen-bond donors (Lipinski definition) is 1. The van der Waals surface area contributed by atoms with E-state index in [9.17, 15) is 26.4 Å². The molecule has 0 aliphatic carbocycles. The van der Waals surface area contributed by atoms with Crippen molar-refractivity contribution in [3.8, 4) is 0 Å². The third kappa shape index (κ3) is 6.10. The van der Waals surface area contributed by atoms with Crippen molar-refractivity contribution < 1.29 is 26.4 Å². The lowest BCUT2D eigenvalue weighted by Crippen LogP contribution is -2.56. The van der Waals surface area contributed by atoms with Crippen molar-refractivity contribution >= 4 is 44.8 Å². The summed E-state index contributed by atoms with van der Waals surface area (Å²) in [5.41, 5.74) is 4.29. The van der Waals surface area contributed by atoms with Crippen LogP contribution in [0.15, 0.2) is 47.4 Å². The first-order chi connectivity index (χ1) is 16.8. The van der Waals surface area contributed by atoms with Crippen LogP contribution in [0.3, 0.4) is 0 Å². The molecule has 1 fully saturated rings. The van der Waals surface area contributed by atoms with Gasteiger partial charge >= 0.3 is 6.18 Å². The van der Waals surface area contributed by atoms with Gasteiger partial charge in [-0.2, -0.15) is 13.2 Å². The number of amides is 1. The lowest BCUT2D eigenvalue weighted by atomic mass is 9.95. The lowest BCUT2D eigenvalue weighted by molar-refractivity contribution is -0.137. The van der Waals surface area contributed by atoms with Crippen LogP contribution in [-0.4, -0.2) is 44.9 Å². The minimum absolute atomic E-state index is 0.0500. The second kappa shape index (κ2) is 11.2. The Hall–Kier alpha value is -2.01. The number of alkyl halides is 3. The first-order valence-corrected chi connectivity index (χ1v) is 13.6. The van der Waals surface area contributed by atoms with Gasteiger partial charge in [0.15, 0.2) is 0 Å². The van der Waals surface area contributed by atoms with Crippen molar-refractivity contribution in [3.05, 3.63) is 58.1 Å². The minimum Gasteiger partial charge on any atom is -0.341 e. The van der Waals surface area contributed by atoms with Gasteiger partial charge in [0.1, 0.15) is 6.04 Å². The topological polar surface area (TPSA) is 83.7 Å². The van der Waals surface area contributed by atoms with Crippen molar-refractivity contribution in [2.75, 3.05) is 23.9 Å². The molecule has 1 saturated heterocycles. The molecular formula is C24H28Cl2F3N3O3S. The number of nitrogens with two attached hydrogens (primary N) is 1. The third-order valence-electron chi connectivity index (χ3n) is 6.18. The molecule has 2 atom stereocenters. The molecule has 3 rings (SSSR count). The maximum Gasteiger partial charge on any atom is 0.416 e. The molecule has 2 N–H and O–H groups in total. The number of benzene rings is 2. The van der Waals surface area contributed by atoms with Crippen LogP contribution >= 0.6 is 23.2 Å². The number of anilines is 1. The average molecular weight is 566 g/mol. The van der Waals surface area contributed by atoms with Crippen LogP contribution in [0.5, 0.6) is 0 Å². The Kier molecular flexibility index (Phi) is 8.86. The minimum atomic E-state index is -4.76. The Morgan fingerprint density at radius 3 is 2.36 bits per heavy atom. The van der Waals surface area contributed by atoms with E-state index >= 15 is 0 Å². The van der Waals surface area contributed by atoms with E-state index in [0.29, 0.717) is 32.1 Å². The van der Waals surface area contributed by atoms with Crippen LogP contribution in [0.1, 0.15) is 32.3 Å². The van der Waals surface area contributed by atoms with Gasteiger partial charge in [0.25, 0.3) is 10.0 Å². The number of piperidine rings is 1. The largest absolute Gasteiger partial charge is 0.416 e. The monoisotopic (exact) mass is 565 g/mol. The molecule has 198 valence electrons. The van der Waals surface area contributed by atoms with Gasteiger partial charge < -0.3 is 10.6 Å². The van der Waals surface area contributed by atoms with Gasteiger partial charge in [-0.3, -0.25) is 9.10 Å². The van der Waals surface area contributed by atoms with Gasteiger partial charge in [-0.15, -0.1) is 0 Å². The summed E-state index contributed by atoms with van der Waals surface area (Å²) in [6, 6.07) is 6.23. The van der Waals surface area contributed by atoms with Crippen molar-refractivity contribution in [1.29, 1.82) is 0 Å². The Bertz CT molecular complexity index is 1190. The van der Waals surface area contributed by atoms with Crippen molar-refractivity contribution in [2.24, 2.45) is 17.6 Å². The molecule has 0 aromatic heterocycles. The lowest BCUT2D eigenvalue weighted by Gasteiger charge is -2.40. The molecule has 0 spiro atoms. The summed E-state index contributed by atoms with van der Waals surface area (Å²) in [5.74, 6) is -1.08. The van der Waals surface area contributed by atoms with Crippen LogP contribution in [0, 0.1) is 11.8 Å². The van der Waals surface area contributed by atoms with Crippen LogP contribution in [0.2, 0.25) is 10.0 Å². The number of hydrogen-bond acceptors (Lipinski definition) is 4. The van der Waals surface area contributed by atoms with Crippen LogP contribution in [0.25, 0.3) is 0 Å². The quantitative estimate of drug-likeness (QED) is 0.485. The second-order valence-electron chi connectivity index (χ2n) is 9.14. The van der Waals surface area contributed by atoms with Crippen LogP contribution in [0.4, 0.5) is 18.9 Å². The molecule has 2 aromatic rings. The number of carbonyl (C=O) groups is 1. The molecule has 1 amide bonds. The third-order valence-corrected chi connectivity index (χ3v) is 8.56. The molecule has 0 saturated carbocycles. The number of carbonyl (C=O) groups excluding carboxylic acids is 1. The highest BCUT2D eigenvalue weighted by atomic mass is 35.5. The predicted octanol–water partition coefficient (Wildman–Crippen LogP) is 5.43. The summed E-state index contributed by atoms with van der Waals surface area (Å²) in [6.45, 7) is 4.37. The molecule has 0 radical (unpaired) electrons. The molecule has 1 unspecified atom stereocenters. The Balaban J connectivity index is 2.23. The summed E-state index contributed by atoms with van der Waals surface area (Å²) >= 11 is 12.2. The van der Waals surface area contributed by atoms with Gasteiger partial charge in [0, 0.05) is 18.1 Å². The van der Waals surface area contributed by atoms with Crippen molar-refractivity contribution in [1.82, 2.24) is 4.90 Å². The molecule has 1 heterocycles. The molecule has 0 bridgehead atoms. The fraction of sp³-hybridized carbons (Fsp3) is 0.458. The smallest absolute Gasteiger partial charge is 0.341 e. The van der Waals surface area contributed by atoms with E-state index in [1.807, 2.05) is 0 Å². The first kappa shape index (κ1) is 28.6. The summed E-state index contributed by atoms with van der Waals surface area (Å²) in [6.07, 6.45) is -3.24. The van der Waals surface area contributed by atoms with Gasteiger partial charge in [-0.1, -0.05) is 37.0 Å². The zero-order valence-corrected chi connectivity index (χ0v) is 22.1. The van der Waals surface area contributed by atoms with E-state index in [1.165, 1.54) is 29.2 Å². The van der Waals surface area contributed by atoms with E-state index in [2.05, 4.69) is 0 Å². The Labute approximate surface area is 219 Å². The SMILES string of the molecule is CC(C)C(C(=O)N1CCC[C@@H](CN)C1)N(c1cc(C(F)(F)F)ccc1Cl)S(=O)(=O)c1ccc(Cl)cc1. The number of nitrogens with zero attached hydrogens (tertiary/aromatic N) is 2. The fourth-order valence-corrected chi connectivity index (χ4v) is 6.44. The highest BCUT2D eigenvalue weighted by Crippen LogP contribution is 2.40. The van der Waals surface area contributed by atoms with Crippen molar-refractivity contribution in [3.63, 3.8) is 0 Å². The zero-order chi connectivity index (χ0) is 26.8. The molecule has 1 aliphatic rings. The number of sulfonamides is 1. The predicted molar refractivity (Wildman–Crippen MR) is 135 cm³/mol. The maximum atomic E-state index is 14.0. The highest BCUT2D eigenvalue weighted by molar-refractivity contribution is 7.93. The molecular weight excluding hydrogens is 538 g/mol. The summed E-state index contributed by atoms with van der Waals surface area (Å²) < 4.78 is 69.5. The van der Waals surface area contributed by atoms with E-state index in [4.69, 9.17) is 28.9 Å². The zero-order valence-electron chi connectivity index (χ0n) is 19.8. The standard InChI is InChI=1S/C24H28Cl2F3N3O3S/c1-15(2)22(23(33)31-11-3-4-16(13-30)14-31)32(36(34,35)19-8-6-18(25)7-9-19)21-12-17(24(27,28)29)5-10-20(21)26/h5-10,12,15-16,22H,3-4,11,13-14,30H2,1-2H3/t16-,22?/m0/s1. The first-order valence-electron chi connectivity index (χ1n) is 11.4. The second-order valence-corrected chi connectivity index (χ2v) is 11.8. The van der Waals surface area contributed by atoms with E-state index < -0.39 is 45.3 Å². The molecule has 36 heavy (non-hydrogen) atoms. The maximum absolute atomic E-state index is 14.0. The Morgan fingerprint density at radius 2 is 1.81 bits per heavy atom. The number of rotatable bonds is 7. The normalized spacial score (nSPS) is 17.8. The molecule has 1 aliphatic heterocycles. The fourth-order valence-electron chi connectivity index (χ4n) is 4.31. The molecule has 2 aromatic carbocycles. The van der Waals surface area contributed by atoms with Crippen LogP contribution < -0.4 is 10.0 Å². The van der Waals surface area contributed by atoms with E-state index in [0.717, 1.165) is 22.9 Å². The summed E-state index contributed by atoms with van der Waals surface area (Å²) in [7, 11) is -4.55. The Morgan fingerprint density at radius 1 is 1.17 bits per heavy atom. The van der Waals surface area contributed by atoms with E-state index in [-0.39, 0.29) is 20.9 Å². The molecule has 6 nitrogen and oxygen atoms in total. The van der Waals surface area contributed by atoms with Crippen molar-refractivity contribution in [2.45, 2.75) is 43.8 Å². The van der Waals surface area contributed by atoms with Gasteiger partial charge in [-0.05, 0) is 73.7 Å². The number of likely N-dealkylation sites (tertiary alicyclic amines) is 1. The molecule has 12 heteroatoms.